The van der Waals surface area contributed by atoms with E-state index in [2.05, 4.69) is 4.98 Å². The van der Waals surface area contributed by atoms with Gasteiger partial charge in [0.15, 0.2) is 5.76 Å². The SMILES string of the molecule is CCn1cc(C#N)c(=O)n(Cc2ncc(-c3ccc(F)cc3)o2)c1=O. The Kier molecular flexibility index (Phi) is 4.31. The minimum atomic E-state index is -0.696. The Bertz CT molecular complexity index is 1070. The fourth-order valence-electron chi connectivity index (χ4n) is 2.36. The third kappa shape index (κ3) is 3.12. The lowest BCUT2D eigenvalue weighted by molar-refractivity contribution is 0.469. The number of nitrogens with zero attached hydrogens (tertiary/aromatic N) is 4. The Morgan fingerprint density at radius 3 is 2.64 bits per heavy atom. The molecule has 8 heteroatoms. The number of oxazole rings is 1. The van der Waals surface area contributed by atoms with Crippen LogP contribution in [0.4, 0.5) is 4.39 Å². The van der Waals surface area contributed by atoms with Gasteiger partial charge in [-0.3, -0.25) is 9.36 Å². The molecule has 0 saturated carbocycles. The minimum absolute atomic E-state index is 0.133. The van der Waals surface area contributed by atoms with Crippen LogP contribution >= 0.6 is 0 Å². The van der Waals surface area contributed by atoms with Crippen molar-refractivity contribution in [1.82, 2.24) is 14.1 Å². The van der Waals surface area contributed by atoms with Crippen molar-refractivity contribution in [3.63, 3.8) is 0 Å². The fourth-order valence-corrected chi connectivity index (χ4v) is 2.36. The second-order valence-corrected chi connectivity index (χ2v) is 5.24. The molecule has 2 aromatic heterocycles. The van der Waals surface area contributed by atoms with Crippen LogP contribution in [0.25, 0.3) is 11.3 Å². The first-order chi connectivity index (χ1) is 12.0. The van der Waals surface area contributed by atoms with Crippen LogP contribution in [0.1, 0.15) is 18.4 Å². The number of hydrogen-bond acceptors (Lipinski definition) is 5. The zero-order valence-electron chi connectivity index (χ0n) is 13.3. The smallest absolute Gasteiger partial charge is 0.331 e. The van der Waals surface area contributed by atoms with Crippen molar-refractivity contribution in [2.45, 2.75) is 20.0 Å². The van der Waals surface area contributed by atoms with Crippen LogP contribution in [-0.2, 0) is 13.1 Å². The quantitative estimate of drug-likeness (QED) is 0.721. The first kappa shape index (κ1) is 16.4. The predicted octanol–water partition coefficient (Wildman–Crippen LogP) is 1.74. The van der Waals surface area contributed by atoms with Crippen molar-refractivity contribution < 1.29 is 8.81 Å². The molecule has 0 N–H and O–H groups in total. The van der Waals surface area contributed by atoms with Crippen LogP contribution < -0.4 is 11.2 Å². The van der Waals surface area contributed by atoms with Crippen molar-refractivity contribution >= 4 is 0 Å². The number of benzene rings is 1. The molecule has 3 aromatic rings. The molecule has 0 spiro atoms. The first-order valence-corrected chi connectivity index (χ1v) is 7.48. The monoisotopic (exact) mass is 340 g/mol. The highest BCUT2D eigenvalue weighted by molar-refractivity contribution is 5.55. The molecule has 0 atom stereocenters. The molecule has 25 heavy (non-hydrogen) atoms. The molecule has 0 saturated heterocycles. The van der Waals surface area contributed by atoms with Gasteiger partial charge in [0.2, 0.25) is 5.89 Å². The highest BCUT2D eigenvalue weighted by Gasteiger charge is 2.14. The summed E-state index contributed by atoms with van der Waals surface area (Å²) in [5.74, 6) is 0.148. The lowest BCUT2D eigenvalue weighted by Gasteiger charge is -2.07. The van der Waals surface area contributed by atoms with E-state index in [-0.39, 0.29) is 23.8 Å². The first-order valence-electron chi connectivity index (χ1n) is 7.48. The van der Waals surface area contributed by atoms with Gasteiger partial charge >= 0.3 is 5.69 Å². The lowest BCUT2D eigenvalue weighted by atomic mass is 10.2. The highest BCUT2D eigenvalue weighted by Crippen LogP contribution is 2.20. The summed E-state index contributed by atoms with van der Waals surface area (Å²) in [6.45, 7) is 1.85. The normalized spacial score (nSPS) is 10.6. The van der Waals surface area contributed by atoms with E-state index in [1.165, 1.54) is 41.2 Å². The summed E-state index contributed by atoms with van der Waals surface area (Å²) in [7, 11) is 0. The summed E-state index contributed by atoms with van der Waals surface area (Å²) < 4.78 is 20.7. The molecule has 3 rings (SSSR count). The predicted molar refractivity (Wildman–Crippen MR) is 86.4 cm³/mol. The van der Waals surface area contributed by atoms with Crippen LogP contribution in [0, 0.1) is 17.1 Å². The summed E-state index contributed by atoms with van der Waals surface area (Å²) in [4.78, 5) is 28.6. The van der Waals surface area contributed by atoms with Crippen molar-refractivity contribution in [1.29, 1.82) is 5.26 Å². The van der Waals surface area contributed by atoms with Crippen molar-refractivity contribution in [2.24, 2.45) is 0 Å². The summed E-state index contributed by atoms with van der Waals surface area (Å²) in [5.41, 5.74) is -0.761. The average molecular weight is 340 g/mol. The maximum atomic E-state index is 13.0. The van der Waals surface area contributed by atoms with Gasteiger partial charge in [-0.05, 0) is 31.2 Å². The number of aryl methyl sites for hydroxylation is 1. The van der Waals surface area contributed by atoms with Gasteiger partial charge < -0.3 is 4.42 Å². The van der Waals surface area contributed by atoms with E-state index >= 15 is 0 Å². The van der Waals surface area contributed by atoms with Gasteiger partial charge in [0.1, 0.15) is 24.0 Å². The van der Waals surface area contributed by atoms with Crippen LogP contribution in [0.15, 0.2) is 50.7 Å². The van der Waals surface area contributed by atoms with E-state index in [1.807, 2.05) is 0 Å². The van der Waals surface area contributed by atoms with Gasteiger partial charge in [0, 0.05) is 18.3 Å². The molecule has 1 aromatic carbocycles. The molecule has 126 valence electrons. The molecule has 0 bridgehead atoms. The van der Waals surface area contributed by atoms with Crippen LogP contribution in [0.5, 0.6) is 0 Å². The summed E-state index contributed by atoms with van der Waals surface area (Å²) in [6.07, 6.45) is 2.67. The molecule has 0 fully saturated rings. The Morgan fingerprint density at radius 2 is 2.00 bits per heavy atom. The summed E-state index contributed by atoms with van der Waals surface area (Å²) in [5, 5.41) is 9.05. The number of halogens is 1. The molecule has 0 aliphatic carbocycles. The van der Waals surface area contributed by atoms with Gasteiger partial charge in [0.05, 0.1) is 6.20 Å². The Balaban J connectivity index is 1.99. The highest BCUT2D eigenvalue weighted by atomic mass is 19.1. The summed E-state index contributed by atoms with van der Waals surface area (Å²) >= 11 is 0. The Morgan fingerprint density at radius 1 is 1.28 bits per heavy atom. The number of aromatic nitrogens is 3. The average Bonchev–Trinajstić information content (AvgIpc) is 3.08. The van der Waals surface area contributed by atoms with Crippen LogP contribution in [-0.4, -0.2) is 14.1 Å². The number of rotatable bonds is 4. The van der Waals surface area contributed by atoms with Crippen molar-refractivity contribution in [3.05, 3.63) is 74.8 Å². The molecular weight excluding hydrogens is 327 g/mol. The lowest BCUT2D eigenvalue weighted by Crippen LogP contribution is -2.41. The zero-order valence-corrected chi connectivity index (χ0v) is 13.3. The third-order valence-corrected chi connectivity index (χ3v) is 3.67. The van der Waals surface area contributed by atoms with Crippen molar-refractivity contribution in [3.8, 4) is 17.4 Å². The van der Waals surface area contributed by atoms with Crippen LogP contribution in [0.3, 0.4) is 0 Å². The van der Waals surface area contributed by atoms with E-state index < -0.39 is 11.2 Å². The second kappa shape index (κ2) is 6.57. The van der Waals surface area contributed by atoms with Gasteiger partial charge in [-0.2, -0.15) is 5.26 Å². The molecule has 7 nitrogen and oxygen atoms in total. The Labute approximate surface area is 141 Å². The van der Waals surface area contributed by atoms with Gasteiger partial charge in [-0.15, -0.1) is 0 Å². The van der Waals surface area contributed by atoms with E-state index in [9.17, 15) is 14.0 Å². The number of nitriles is 1. The van der Waals surface area contributed by atoms with E-state index in [1.54, 1.807) is 13.0 Å². The van der Waals surface area contributed by atoms with E-state index in [0.29, 0.717) is 17.9 Å². The Hall–Kier alpha value is -3.47. The van der Waals surface area contributed by atoms with Crippen molar-refractivity contribution in [2.75, 3.05) is 0 Å². The molecule has 2 heterocycles. The summed E-state index contributed by atoms with van der Waals surface area (Å²) in [6, 6.07) is 7.43. The van der Waals surface area contributed by atoms with E-state index in [4.69, 9.17) is 9.68 Å². The molecule has 0 radical (unpaired) electrons. The second-order valence-electron chi connectivity index (χ2n) is 5.24. The zero-order chi connectivity index (χ0) is 18.0. The van der Waals surface area contributed by atoms with Gasteiger partial charge in [-0.25, -0.2) is 18.7 Å². The van der Waals surface area contributed by atoms with Crippen LogP contribution in [0.2, 0.25) is 0 Å². The largest absolute Gasteiger partial charge is 0.439 e. The van der Waals surface area contributed by atoms with Gasteiger partial charge in [0.25, 0.3) is 5.56 Å². The molecule has 0 aliphatic rings. The molecule has 0 amide bonds. The maximum Gasteiger partial charge on any atom is 0.331 e. The molecule has 0 aliphatic heterocycles. The minimum Gasteiger partial charge on any atom is -0.439 e. The molecule has 0 unspecified atom stereocenters. The molecular formula is C17H13FN4O3. The third-order valence-electron chi connectivity index (χ3n) is 3.67. The topological polar surface area (TPSA) is 93.8 Å². The van der Waals surface area contributed by atoms with Gasteiger partial charge in [-0.1, -0.05) is 0 Å². The van der Waals surface area contributed by atoms with E-state index in [0.717, 1.165) is 4.57 Å². The fraction of sp³-hybridized carbons (Fsp3) is 0.176. The number of hydrogen-bond donors (Lipinski definition) is 0. The maximum absolute atomic E-state index is 13.0. The standard InChI is InChI=1S/C17H13FN4O3/c1-2-21-9-12(7-19)16(23)22(17(21)24)10-15-20-8-14(25-15)11-3-5-13(18)6-4-11/h3-6,8-9H,2,10H2,1H3.